The standard InChI is InChI=1S/C25H34N5O5P/c1-15-3-4-17(9-16(15)2)11-26-23-22(12-27-25(29-23)30-13-18-10-19(18)14-30)24(31)28-20-5-7-21(8-6-20)35-36(32,33)34/h3-4,9,12,18-21H,5-8,10-11,13-14H2,1-2H3,(H,28,31)(H,26,27,29)(H2,32,33,34). The highest BCUT2D eigenvalue weighted by Crippen LogP contribution is 2.45. The second kappa shape index (κ2) is 10.1. The molecule has 2 aromatic rings. The highest BCUT2D eigenvalue weighted by Gasteiger charge is 2.46. The molecule has 5 rings (SSSR count). The van der Waals surface area contributed by atoms with Crippen molar-refractivity contribution in [1.82, 2.24) is 15.3 Å². The van der Waals surface area contributed by atoms with Crippen molar-refractivity contribution >= 4 is 25.5 Å². The van der Waals surface area contributed by atoms with Crippen molar-refractivity contribution in [2.45, 2.75) is 64.6 Å². The summed E-state index contributed by atoms with van der Waals surface area (Å²) in [5.41, 5.74) is 3.94. The number of hydrogen-bond acceptors (Lipinski definition) is 7. The molecule has 2 atom stereocenters. The number of phosphoric ester groups is 1. The maximum absolute atomic E-state index is 13.2. The van der Waals surface area contributed by atoms with Gasteiger partial charge in [0.2, 0.25) is 5.95 Å². The second-order valence-corrected chi connectivity index (χ2v) is 11.6. The molecule has 2 unspecified atom stereocenters. The fraction of sp³-hybridized carbons (Fsp3) is 0.560. The van der Waals surface area contributed by atoms with Gasteiger partial charge in [0.1, 0.15) is 11.4 Å². The summed E-state index contributed by atoms with van der Waals surface area (Å²) in [5.74, 6) is 2.39. The van der Waals surface area contributed by atoms with Gasteiger partial charge in [0.15, 0.2) is 0 Å². The zero-order valence-electron chi connectivity index (χ0n) is 20.7. The van der Waals surface area contributed by atoms with E-state index in [1.54, 1.807) is 6.20 Å². The fourth-order valence-electron chi connectivity index (χ4n) is 5.26. The van der Waals surface area contributed by atoms with Gasteiger partial charge < -0.3 is 25.3 Å². The van der Waals surface area contributed by atoms with Gasteiger partial charge in [-0.05, 0) is 74.5 Å². The number of anilines is 2. The number of benzene rings is 1. The molecule has 10 nitrogen and oxygen atoms in total. The number of aromatic nitrogens is 2. The molecule has 1 aromatic heterocycles. The molecular weight excluding hydrogens is 481 g/mol. The average molecular weight is 516 g/mol. The number of amides is 1. The predicted molar refractivity (Wildman–Crippen MR) is 136 cm³/mol. The Kier molecular flexibility index (Phi) is 7.05. The summed E-state index contributed by atoms with van der Waals surface area (Å²) in [6, 6.07) is 6.20. The highest BCUT2D eigenvalue weighted by atomic mass is 31.2. The normalized spacial score (nSPS) is 25.4. The van der Waals surface area contributed by atoms with Crippen LogP contribution in [0.4, 0.5) is 11.8 Å². The van der Waals surface area contributed by atoms with Gasteiger partial charge in [-0.2, -0.15) is 4.98 Å². The molecule has 1 aromatic carbocycles. The minimum atomic E-state index is -4.51. The molecule has 3 fully saturated rings. The third-order valence-electron chi connectivity index (χ3n) is 7.61. The van der Waals surface area contributed by atoms with Gasteiger partial charge in [-0.1, -0.05) is 18.2 Å². The largest absolute Gasteiger partial charge is 0.469 e. The molecule has 0 bridgehead atoms. The van der Waals surface area contributed by atoms with Crippen molar-refractivity contribution < 1.29 is 23.7 Å². The number of hydrogen-bond donors (Lipinski definition) is 4. The van der Waals surface area contributed by atoms with E-state index >= 15 is 0 Å². The van der Waals surface area contributed by atoms with Crippen LogP contribution in [0.1, 0.15) is 59.2 Å². The van der Waals surface area contributed by atoms with E-state index in [2.05, 4.69) is 52.6 Å². The number of nitrogens with one attached hydrogen (secondary N) is 2. The Morgan fingerprint density at radius 2 is 1.86 bits per heavy atom. The van der Waals surface area contributed by atoms with Crippen LogP contribution in [0.15, 0.2) is 24.4 Å². The Morgan fingerprint density at radius 1 is 1.14 bits per heavy atom. The minimum absolute atomic E-state index is 0.105. The molecule has 3 aliphatic rings. The van der Waals surface area contributed by atoms with Crippen molar-refractivity contribution in [1.29, 1.82) is 0 Å². The summed E-state index contributed by atoms with van der Waals surface area (Å²) in [5, 5.41) is 6.42. The third kappa shape index (κ3) is 6.06. The lowest BCUT2D eigenvalue weighted by Crippen LogP contribution is -2.39. The van der Waals surface area contributed by atoms with E-state index in [9.17, 15) is 9.36 Å². The zero-order valence-corrected chi connectivity index (χ0v) is 21.6. The molecule has 4 N–H and O–H groups in total. The monoisotopic (exact) mass is 515 g/mol. The molecule has 1 saturated heterocycles. The number of carbonyl (C=O) groups is 1. The van der Waals surface area contributed by atoms with Gasteiger partial charge >= 0.3 is 7.82 Å². The first kappa shape index (κ1) is 25.1. The Morgan fingerprint density at radius 3 is 2.53 bits per heavy atom. The summed E-state index contributed by atoms with van der Waals surface area (Å²) >= 11 is 0. The van der Waals surface area contributed by atoms with Crippen LogP contribution >= 0.6 is 7.82 Å². The first-order valence-corrected chi connectivity index (χ1v) is 14.1. The van der Waals surface area contributed by atoms with Crippen LogP contribution in [-0.2, 0) is 15.6 Å². The van der Waals surface area contributed by atoms with Crippen LogP contribution < -0.4 is 15.5 Å². The van der Waals surface area contributed by atoms with Crippen LogP contribution in [0.25, 0.3) is 0 Å². The Labute approximate surface area is 211 Å². The van der Waals surface area contributed by atoms with Gasteiger partial charge in [0.25, 0.3) is 5.91 Å². The maximum Gasteiger partial charge on any atom is 0.469 e. The SMILES string of the molecule is Cc1ccc(CNc2nc(N3CC4CC4C3)ncc2C(=O)NC2CCC(OP(=O)(O)O)CC2)cc1C. The summed E-state index contributed by atoms with van der Waals surface area (Å²) in [6.45, 7) is 6.63. The zero-order chi connectivity index (χ0) is 25.4. The lowest BCUT2D eigenvalue weighted by molar-refractivity contribution is 0.0820. The lowest BCUT2D eigenvalue weighted by Gasteiger charge is -2.29. The number of nitrogens with zero attached hydrogens (tertiary/aromatic N) is 3. The molecule has 36 heavy (non-hydrogen) atoms. The lowest BCUT2D eigenvalue weighted by atomic mass is 9.93. The van der Waals surface area contributed by atoms with Crippen LogP contribution in [0.5, 0.6) is 0 Å². The predicted octanol–water partition coefficient (Wildman–Crippen LogP) is 3.31. The first-order valence-electron chi connectivity index (χ1n) is 12.6. The van der Waals surface area contributed by atoms with Gasteiger partial charge in [-0.15, -0.1) is 0 Å². The molecule has 1 amide bonds. The summed E-state index contributed by atoms with van der Waals surface area (Å²) in [6.07, 6.45) is 4.50. The van der Waals surface area contributed by atoms with Gasteiger partial charge in [-0.25, -0.2) is 9.55 Å². The van der Waals surface area contributed by atoms with E-state index in [0.717, 1.165) is 30.5 Å². The van der Waals surface area contributed by atoms with Crippen LogP contribution in [0, 0.1) is 25.7 Å². The van der Waals surface area contributed by atoms with Crippen molar-refractivity contribution in [3.05, 3.63) is 46.6 Å². The number of fused-ring (bicyclic) bond motifs is 1. The number of aryl methyl sites for hydroxylation is 2. The first-order chi connectivity index (χ1) is 17.1. The molecule has 0 radical (unpaired) electrons. The van der Waals surface area contributed by atoms with E-state index < -0.39 is 13.9 Å². The quantitative estimate of drug-likeness (QED) is 0.390. The summed E-state index contributed by atoms with van der Waals surface area (Å²) < 4.78 is 15.9. The van der Waals surface area contributed by atoms with E-state index in [0.29, 0.717) is 49.6 Å². The Balaban J connectivity index is 1.28. The Hall–Kier alpha value is -2.52. The molecule has 2 saturated carbocycles. The van der Waals surface area contributed by atoms with E-state index in [1.165, 1.54) is 17.5 Å². The molecule has 194 valence electrons. The number of piperidine rings is 1. The van der Waals surface area contributed by atoms with Crippen LogP contribution in [0.3, 0.4) is 0 Å². The van der Waals surface area contributed by atoms with Crippen molar-refractivity contribution in [2.24, 2.45) is 11.8 Å². The number of carbonyl (C=O) groups excluding carboxylic acids is 1. The number of phosphoric acid groups is 1. The molecular formula is C25H34N5O5P. The van der Waals surface area contributed by atoms with Crippen LogP contribution in [0.2, 0.25) is 0 Å². The minimum Gasteiger partial charge on any atom is -0.365 e. The van der Waals surface area contributed by atoms with E-state index in [-0.39, 0.29) is 11.9 Å². The topological polar surface area (TPSA) is 137 Å². The van der Waals surface area contributed by atoms with Crippen molar-refractivity contribution in [3.63, 3.8) is 0 Å². The van der Waals surface area contributed by atoms with E-state index in [1.807, 2.05) is 0 Å². The van der Waals surface area contributed by atoms with Gasteiger partial charge in [0, 0.05) is 31.9 Å². The number of rotatable bonds is 8. The van der Waals surface area contributed by atoms with Crippen molar-refractivity contribution in [2.75, 3.05) is 23.3 Å². The highest BCUT2D eigenvalue weighted by molar-refractivity contribution is 7.46. The summed E-state index contributed by atoms with van der Waals surface area (Å²) in [4.78, 5) is 42.8. The second-order valence-electron chi connectivity index (χ2n) is 10.4. The fourth-order valence-corrected chi connectivity index (χ4v) is 5.86. The maximum atomic E-state index is 13.2. The van der Waals surface area contributed by atoms with Crippen LogP contribution in [-0.4, -0.2) is 50.9 Å². The molecule has 2 aliphatic carbocycles. The molecule has 11 heteroatoms. The smallest absolute Gasteiger partial charge is 0.365 e. The molecule has 1 aliphatic heterocycles. The Bertz CT molecular complexity index is 1170. The third-order valence-corrected chi connectivity index (χ3v) is 8.18. The average Bonchev–Trinajstić information content (AvgIpc) is 3.44. The van der Waals surface area contributed by atoms with Crippen molar-refractivity contribution in [3.8, 4) is 0 Å². The van der Waals surface area contributed by atoms with E-state index in [4.69, 9.17) is 19.3 Å². The molecule has 0 spiro atoms. The molecule has 2 heterocycles. The van der Waals surface area contributed by atoms with Gasteiger partial charge in [0.05, 0.1) is 6.10 Å². The summed E-state index contributed by atoms with van der Waals surface area (Å²) in [7, 11) is -4.51. The van der Waals surface area contributed by atoms with Gasteiger partial charge in [-0.3, -0.25) is 9.32 Å².